The van der Waals surface area contributed by atoms with Gasteiger partial charge in [-0.3, -0.25) is 0 Å². The van der Waals surface area contributed by atoms with Crippen LogP contribution in [0.3, 0.4) is 0 Å². The van der Waals surface area contributed by atoms with Gasteiger partial charge in [0, 0.05) is 12.7 Å². The highest BCUT2D eigenvalue weighted by Crippen LogP contribution is 2.47. The van der Waals surface area contributed by atoms with E-state index < -0.39 is 0 Å². The molecule has 1 aliphatic rings. The quantitative estimate of drug-likeness (QED) is 0.863. The van der Waals surface area contributed by atoms with Gasteiger partial charge in [-0.2, -0.15) is 0 Å². The molecule has 1 N–H and O–H groups in total. The zero-order chi connectivity index (χ0) is 14.8. The van der Waals surface area contributed by atoms with Gasteiger partial charge < -0.3 is 14.8 Å². The van der Waals surface area contributed by atoms with E-state index in [1.807, 2.05) is 7.11 Å². The van der Waals surface area contributed by atoms with E-state index in [0.29, 0.717) is 0 Å². The third kappa shape index (κ3) is 2.45. The molecule has 1 saturated carbocycles. The second-order valence-electron chi connectivity index (χ2n) is 5.74. The summed E-state index contributed by atoms with van der Waals surface area (Å²) in [6, 6.07) is 4.56. The number of benzene rings is 1. The van der Waals surface area contributed by atoms with Crippen molar-refractivity contribution in [3.63, 3.8) is 0 Å². The molecule has 112 valence electrons. The lowest BCUT2D eigenvalue weighted by Crippen LogP contribution is -2.50. The van der Waals surface area contributed by atoms with Crippen LogP contribution in [-0.4, -0.2) is 26.4 Å². The summed E-state index contributed by atoms with van der Waals surface area (Å²) < 4.78 is 11.6. The van der Waals surface area contributed by atoms with Crippen molar-refractivity contribution >= 4 is 0 Å². The van der Waals surface area contributed by atoms with Crippen LogP contribution in [0.1, 0.15) is 48.9 Å². The first-order valence-electron chi connectivity index (χ1n) is 7.52. The minimum absolute atomic E-state index is 0.0784. The lowest BCUT2D eigenvalue weighted by molar-refractivity contribution is -0.0998. The third-order valence-corrected chi connectivity index (χ3v) is 4.76. The van der Waals surface area contributed by atoms with Crippen LogP contribution < -0.4 is 10.1 Å². The average Bonchev–Trinajstić information content (AvgIpc) is 2.40. The Hall–Kier alpha value is -1.06. The maximum atomic E-state index is 5.89. The van der Waals surface area contributed by atoms with Gasteiger partial charge in [-0.25, -0.2) is 0 Å². The Labute approximate surface area is 122 Å². The van der Waals surface area contributed by atoms with Crippen molar-refractivity contribution in [2.45, 2.75) is 51.7 Å². The lowest BCUT2D eigenvalue weighted by Gasteiger charge is -2.47. The second kappa shape index (κ2) is 6.15. The summed E-state index contributed by atoms with van der Waals surface area (Å²) in [7, 11) is 3.59. The lowest BCUT2D eigenvalue weighted by atomic mass is 9.71. The Kier molecular flexibility index (Phi) is 4.71. The van der Waals surface area contributed by atoms with Crippen molar-refractivity contribution < 1.29 is 9.47 Å². The number of likely N-dealkylation sites (N-methyl/N-ethyl adjacent to an activating group) is 1. The van der Waals surface area contributed by atoms with Gasteiger partial charge in [0.25, 0.3) is 0 Å². The molecule has 1 unspecified atom stereocenters. The molecule has 0 aromatic heterocycles. The molecule has 1 aromatic carbocycles. The predicted molar refractivity (Wildman–Crippen MR) is 82.5 cm³/mol. The molecule has 3 nitrogen and oxygen atoms in total. The summed E-state index contributed by atoms with van der Waals surface area (Å²) in [5, 5.41) is 3.61. The normalized spacial score (nSPS) is 18.4. The predicted octanol–water partition coefficient (Wildman–Crippen LogP) is 3.53. The fraction of sp³-hybridized carbons (Fsp3) is 0.647. The first-order chi connectivity index (χ1) is 9.59. The molecule has 1 fully saturated rings. The summed E-state index contributed by atoms with van der Waals surface area (Å²) in [6.45, 7) is 7.31. The van der Waals surface area contributed by atoms with Crippen LogP contribution in [0.15, 0.2) is 12.1 Å². The van der Waals surface area contributed by atoms with Crippen molar-refractivity contribution in [3.05, 3.63) is 28.8 Å². The molecule has 3 heteroatoms. The van der Waals surface area contributed by atoms with Crippen LogP contribution >= 0.6 is 0 Å². The first kappa shape index (κ1) is 15.3. The molecular weight excluding hydrogens is 250 g/mol. The highest BCUT2D eigenvalue weighted by Gasteiger charge is 2.46. The van der Waals surface area contributed by atoms with Gasteiger partial charge >= 0.3 is 0 Å². The standard InChI is InChI=1S/C17H27NO2/c1-6-18-16(17(20-5)10-7-11-17)14-9-8-12(2)13(3)15(14)19-4/h8-9,16,18H,6-7,10-11H2,1-5H3. The molecule has 0 spiro atoms. The maximum Gasteiger partial charge on any atom is 0.126 e. The topological polar surface area (TPSA) is 30.5 Å². The molecule has 0 aliphatic heterocycles. The summed E-state index contributed by atoms with van der Waals surface area (Å²) in [6.07, 6.45) is 3.46. The minimum atomic E-state index is -0.0784. The van der Waals surface area contributed by atoms with Gasteiger partial charge in [-0.1, -0.05) is 19.1 Å². The van der Waals surface area contributed by atoms with Gasteiger partial charge in [0.1, 0.15) is 5.75 Å². The van der Waals surface area contributed by atoms with Crippen molar-refractivity contribution in [1.82, 2.24) is 5.32 Å². The molecule has 0 radical (unpaired) electrons. The summed E-state index contributed by atoms with van der Waals surface area (Å²) in [5.41, 5.74) is 3.63. The summed E-state index contributed by atoms with van der Waals surface area (Å²) in [4.78, 5) is 0. The van der Waals surface area contributed by atoms with E-state index in [2.05, 4.69) is 38.2 Å². The average molecular weight is 277 g/mol. The number of hydrogen-bond donors (Lipinski definition) is 1. The van der Waals surface area contributed by atoms with Crippen molar-refractivity contribution in [2.24, 2.45) is 0 Å². The third-order valence-electron chi connectivity index (χ3n) is 4.76. The molecule has 0 heterocycles. The Morgan fingerprint density at radius 2 is 1.95 bits per heavy atom. The fourth-order valence-corrected chi connectivity index (χ4v) is 3.23. The Bertz CT molecular complexity index is 461. The Balaban J connectivity index is 2.47. The number of rotatable bonds is 6. The first-order valence-corrected chi connectivity index (χ1v) is 7.52. The monoisotopic (exact) mass is 277 g/mol. The molecule has 0 amide bonds. The zero-order valence-corrected chi connectivity index (χ0v) is 13.4. The molecule has 0 saturated heterocycles. The van der Waals surface area contributed by atoms with E-state index >= 15 is 0 Å². The highest BCUT2D eigenvalue weighted by atomic mass is 16.5. The van der Waals surface area contributed by atoms with Crippen LogP contribution in [0.5, 0.6) is 5.75 Å². The van der Waals surface area contributed by atoms with Gasteiger partial charge in [-0.05, 0) is 50.8 Å². The van der Waals surface area contributed by atoms with E-state index in [-0.39, 0.29) is 11.6 Å². The number of hydrogen-bond acceptors (Lipinski definition) is 3. The Morgan fingerprint density at radius 1 is 1.25 bits per heavy atom. The fourth-order valence-electron chi connectivity index (χ4n) is 3.23. The smallest absolute Gasteiger partial charge is 0.126 e. The highest BCUT2D eigenvalue weighted by molar-refractivity contribution is 5.48. The number of nitrogens with one attached hydrogen (secondary N) is 1. The van der Waals surface area contributed by atoms with Gasteiger partial charge in [0.2, 0.25) is 0 Å². The molecule has 1 aliphatic carbocycles. The van der Waals surface area contributed by atoms with Crippen LogP contribution in [0.25, 0.3) is 0 Å². The Morgan fingerprint density at radius 3 is 2.40 bits per heavy atom. The van der Waals surface area contributed by atoms with E-state index in [9.17, 15) is 0 Å². The summed E-state index contributed by atoms with van der Waals surface area (Å²) >= 11 is 0. The van der Waals surface area contributed by atoms with Gasteiger partial charge in [0.15, 0.2) is 0 Å². The van der Waals surface area contributed by atoms with Crippen LogP contribution in [0.2, 0.25) is 0 Å². The SMILES string of the molecule is CCNC(c1ccc(C)c(C)c1OC)C1(OC)CCC1. The van der Waals surface area contributed by atoms with Crippen LogP contribution in [0, 0.1) is 13.8 Å². The maximum absolute atomic E-state index is 5.89. The molecule has 2 rings (SSSR count). The van der Waals surface area contributed by atoms with Crippen LogP contribution in [0.4, 0.5) is 0 Å². The van der Waals surface area contributed by atoms with Crippen molar-refractivity contribution in [2.75, 3.05) is 20.8 Å². The molecule has 1 aromatic rings. The number of ether oxygens (including phenoxy) is 2. The van der Waals surface area contributed by atoms with E-state index in [1.165, 1.54) is 23.1 Å². The number of aryl methyl sites for hydroxylation is 1. The van der Waals surface area contributed by atoms with Gasteiger partial charge in [0.05, 0.1) is 18.8 Å². The zero-order valence-electron chi connectivity index (χ0n) is 13.4. The largest absolute Gasteiger partial charge is 0.496 e. The molecule has 20 heavy (non-hydrogen) atoms. The number of methoxy groups -OCH3 is 2. The van der Waals surface area contributed by atoms with E-state index in [1.54, 1.807) is 7.11 Å². The summed E-state index contributed by atoms with van der Waals surface area (Å²) in [5.74, 6) is 0.999. The van der Waals surface area contributed by atoms with Gasteiger partial charge in [-0.15, -0.1) is 0 Å². The minimum Gasteiger partial charge on any atom is -0.496 e. The van der Waals surface area contributed by atoms with Crippen molar-refractivity contribution in [3.8, 4) is 5.75 Å². The van der Waals surface area contributed by atoms with Crippen molar-refractivity contribution in [1.29, 1.82) is 0 Å². The molecule has 0 bridgehead atoms. The molecular formula is C17H27NO2. The van der Waals surface area contributed by atoms with E-state index in [0.717, 1.165) is 25.1 Å². The van der Waals surface area contributed by atoms with Crippen LogP contribution in [-0.2, 0) is 4.74 Å². The molecule has 1 atom stereocenters. The van der Waals surface area contributed by atoms with E-state index in [4.69, 9.17) is 9.47 Å². The second-order valence-corrected chi connectivity index (χ2v) is 5.74.